The van der Waals surface area contributed by atoms with Crippen LogP contribution in [-0.4, -0.2) is 11.5 Å². The number of thioether (sulfide) groups is 1. The fourth-order valence-electron chi connectivity index (χ4n) is 1.40. The Morgan fingerprint density at radius 1 is 1.13 bits per heavy atom. The van der Waals surface area contributed by atoms with Crippen LogP contribution < -0.4 is 0 Å². The Hall–Kier alpha value is 0.0900. The van der Waals surface area contributed by atoms with Crippen molar-refractivity contribution in [3.05, 3.63) is 11.6 Å². The van der Waals surface area contributed by atoms with Crippen molar-refractivity contribution < 1.29 is 0 Å². The molecule has 0 saturated carbocycles. The molecule has 0 heterocycles. The zero-order chi connectivity index (χ0) is 11.7. The second-order valence-corrected chi connectivity index (χ2v) is 6.37. The van der Waals surface area contributed by atoms with E-state index in [1.165, 1.54) is 36.3 Å². The average molecular weight is 228 g/mol. The van der Waals surface area contributed by atoms with Gasteiger partial charge in [-0.2, -0.15) is 11.8 Å². The van der Waals surface area contributed by atoms with Gasteiger partial charge in [-0.25, -0.2) is 0 Å². The Bertz CT molecular complexity index is 166. The molecule has 1 atom stereocenters. The highest BCUT2D eigenvalue weighted by Crippen LogP contribution is 2.16. The highest BCUT2D eigenvalue weighted by Gasteiger charge is 2.01. The molecule has 0 bridgehead atoms. The van der Waals surface area contributed by atoms with Crippen LogP contribution in [0, 0.1) is 11.8 Å². The minimum absolute atomic E-state index is 0.844. The highest BCUT2D eigenvalue weighted by atomic mass is 32.2. The molecule has 0 aliphatic carbocycles. The molecule has 0 aromatic carbocycles. The van der Waals surface area contributed by atoms with Gasteiger partial charge in [0.25, 0.3) is 0 Å². The molecule has 15 heavy (non-hydrogen) atoms. The Morgan fingerprint density at radius 2 is 1.80 bits per heavy atom. The van der Waals surface area contributed by atoms with Crippen molar-refractivity contribution in [2.24, 2.45) is 11.8 Å². The SMILES string of the molecule is CC(C)=CCCC(C)CCSCC(C)C. The van der Waals surface area contributed by atoms with Gasteiger partial charge >= 0.3 is 0 Å². The van der Waals surface area contributed by atoms with E-state index in [2.05, 4.69) is 52.5 Å². The number of allylic oxidation sites excluding steroid dienone is 2. The van der Waals surface area contributed by atoms with E-state index in [9.17, 15) is 0 Å². The summed E-state index contributed by atoms with van der Waals surface area (Å²) in [5, 5.41) is 0. The monoisotopic (exact) mass is 228 g/mol. The lowest BCUT2D eigenvalue weighted by atomic mass is 10.0. The summed E-state index contributed by atoms with van der Waals surface area (Å²) in [6.45, 7) is 11.3. The predicted molar refractivity (Wildman–Crippen MR) is 74.6 cm³/mol. The van der Waals surface area contributed by atoms with Gasteiger partial charge in [0.1, 0.15) is 0 Å². The molecule has 0 nitrogen and oxygen atoms in total. The molecule has 0 aromatic rings. The van der Waals surface area contributed by atoms with E-state index in [4.69, 9.17) is 0 Å². The third-order valence-corrected chi connectivity index (χ3v) is 3.84. The van der Waals surface area contributed by atoms with Crippen LogP contribution in [0.5, 0.6) is 0 Å². The maximum absolute atomic E-state index is 2.38. The quantitative estimate of drug-likeness (QED) is 0.409. The summed E-state index contributed by atoms with van der Waals surface area (Å²) in [6.07, 6.45) is 6.36. The number of hydrogen-bond donors (Lipinski definition) is 0. The Balaban J connectivity index is 3.33. The molecule has 90 valence electrons. The molecule has 0 amide bonds. The van der Waals surface area contributed by atoms with E-state index in [1.807, 2.05) is 0 Å². The van der Waals surface area contributed by atoms with E-state index >= 15 is 0 Å². The first-order valence-corrected chi connectivity index (χ1v) is 7.39. The van der Waals surface area contributed by atoms with Crippen molar-refractivity contribution in [2.45, 2.75) is 53.9 Å². The van der Waals surface area contributed by atoms with Gasteiger partial charge in [-0.15, -0.1) is 0 Å². The van der Waals surface area contributed by atoms with Gasteiger partial charge in [-0.05, 0) is 56.5 Å². The van der Waals surface area contributed by atoms with Crippen LogP contribution in [0.4, 0.5) is 0 Å². The van der Waals surface area contributed by atoms with Crippen molar-refractivity contribution in [1.82, 2.24) is 0 Å². The van der Waals surface area contributed by atoms with Crippen molar-refractivity contribution in [3.8, 4) is 0 Å². The van der Waals surface area contributed by atoms with Gasteiger partial charge in [0, 0.05) is 0 Å². The average Bonchev–Trinajstić information content (AvgIpc) is 2.11. The lowest BCUT2D eigenvalue weighted by molar-refractivity contribution is 0.525. The first-order chi connectivity index (χ1) is 7.02. The minimum Gasteiger partial charge on any atom is -0.162 e. The van der Waals surface area contributed by atoms with Gasteiger partial charge in [-0.3, -0.25) is 0 Å². The third-order valence-electron chi connectivity index (χ3n) is 2.42. The fraction of sp³-hybridized carbons (Fsp3) is 0.857. The summed E-state index contributed by atoms with van der Waals surface area (Å²) < 4.78 is 0. The van der Waals surface area contributed by atoms with Crippen LogP contribution >= 0.6 is 11.8 Å². The van der Waals surface area contributed by atoms with Crippen LogP contribution in [0.3, 0.4) is 0 Å². The van der Waals surface area contributed by atoms with E-state index in [0.717, 1.165) is 11.8 Å². The number of hydrogen-bond acceptors (Lipinski definition) is 1. The van der Waals surface area contributed by atoms with Crippen molar-refractivity contribution >= 4 is 11.8 Å². The second kappa shape index (κ2) is 9.33. The highest BCUT2D eigenvalue weighted by molar-refractivity contribution is 7.99. The summed E-state index contributed by atoms with van der Waals surface area (Å²) in [4.78, 5) is 0. The molecule has 1 heteroatoms. The molecule has 0 aliphatic heterocycles. The Labute approximate surface area is 101 Å². The third kappa shape index (κ3) is 12.0. The Kier molecular flexibility index (Phi) is 9.38. The molecular formula is C14H28S. The summed E-state index contributed by atoms with van der Waals surface area (Å²) in [5.41, 5.74) is 1.45. The molecule has 0 aliphatic rings. The van der Waals surface area contributed by atoms with Crippen molar-refractivity contribution in [3.63, 3.8) is 0 Å². The molecule has 0 rings (SSSR count). The smallest absolute Gasteiger partial charge is 0.00444 e. The van der Waals surface area contributed by atoms with E-state index < -0.39 is 0 Å². The van der Waals surface area contributed by atoms with Gasteiger partial charge in [0.2, 0.25) is 0 Å². The first kappa shape index (κ1) is 15.1. The van der Waals surface area contributed by atoms with Crippen molar-refractivity contribution in [1.29, 1.82) is 0 Å². The van der Waals surface area contributed by atoms with Crippen LogP contribution in [0.2, 0.25) is 0 Å². The van der Waals surface area contributed by atoms with Gasteiger partial charge in [0.05, 0.1) is 0 Å². The number of rotatable bonds is 8. The maximum Gasteiger partial charge on any atom is -0.00444 e. The maximum atomic E-state index is 2.38. The lowest BCUT2D eigenvalue weighted by Crippen LogP contribution is -1.98. The van der Waals surface area contributed by atoms with E-state index in [0.29, 0.717) is 0 Å². The standard InChI is InChI=1S/C14H28S/c1-12(2)7-6-8-14(5)9-10-15-11-13(3)4/h7,13-14H,6,8-11H2,1-5H3. The second-order valence-electron chi connectivity index (χ2n) is 5.22. The zero-order valence-electron chi connectivity index (χ0n) is 11.2. The molecule has 1 unspecified atom stereocenters. The van der Waals surface area contributed by atoms with E-state index in [1.54, 1.807) is 0 Å². The molecular weight excluding hydrogens is 200 g/mol. The molecule has 0 aromatic heterocycles. The topological polar surface area (TPSA) is 0 Å². The minimum atomic E-state index is 0.844. The van der Waals surface area contributed by atoms with Gasteiger partial charge in [0.15, 0.2) is 0 Å². The molecule has 0 radical (unpaired) electrons. The van der Waals surface area contributed by atoms with Crippen LogP contribution in [0.15, 0.2) is 11.6 Å². The van der Waals surface area contributed by atoms with Crippen LogP contribution in [0.1, 0.15) is 53.9 Å². The summed E-state index contributed by atoms with van der Waals surface area (Å²) in [7, 11) is 0. The van der Waals surface area contributed by atoms with Crippen molar-refractivity contribution in [2.75, 3.05) is 11.5 Å². The first-order valence-electron chi connectivity index (χ1n) is 6.23. The zero-order valence-corrected chi connectivity index (χ0v) is 12.0. The van der Waals surface area contributed by atoms with Gasteiger partial charge in [-0.1, -0.05) is 32.4 Å². The van der Waals surface area contributed by atoms with Crippen LogP contribution in [-0.2, 0) is 0 Å². The summed E-state index contributed by atoms with van der Waals surface area (Å²) >= 11 is 2.11. The van der Waals surface area contributed by atoms with Gasteiger partial charge < -0.3 is 0 Å². The fourth-order valence-corrected chi connectivity index (χ4v) is 2.61. The molecule has 0 spiro atoms. The molecule has 0 saturated heterocycles. The lowest BCUT2D eigenvalue weighted by Gasteiger charge is -2.10. The van der Waals surface area contributed by atoms with E-state index in [-0.39, 0.29) is 0 Å². The summed E-state index contributed by atoms with van der Waals surface area (Å²) in [5.74, 6) is 4.39. The largest absolute Gasteiger partial charge is 0.162 e. The molecule has 0 fully saturated rings. The predicted octanol–water partition coefficient (Wildman–Crippen LogP) is 5.15. The normalized spacial score (nSPS) is 12.9. The van der Waals surface area contributed by atoms with Crippen LogP contribution in [0.25, 0.3) is 0 Å². The summed E-state index contributed by atoms with van der Waals surface area (Å²) in [6, 6.07) is 0. The Morgan fingerprint density at radius 3 is 2.33 bits per heavy atom. The molecule has 0 N–H and O–H groups in total.